The first-order valence-electron chi connectivity index (χ1n) is 11.6. The van der Waals surface area contributed by atoms with Crippen molar-refractivity contribution in [2.24, 2.45) is 0 Å². The lowest BCUT2D eigenvalue weighted by molar-refractivity contribution is -0.173. The number of carbonyl (C=O) groups is 4. The summed E-state index contributed by atoms with van der Waals surface area (Å²) in [5.74, 6) is -4.10. The molecular formula is C26H24F3NO7. The van der Waals surface area contributed by atoms with Gasteiger partial charge in [0, 0.05) is 41.8 Å². The summed E-state index contributed by atoms with van der Waals surface area (Å²) in [6.45, 7) is 0.657. The molecule has 2 aliphatic rings. The number of phenols is 1. The van der Waals surface area contributed by atoms with Gasteiger partial charge >= 0.3 is 12.1 Å². The van der Waals surface area contributed by atoms with Crippen LogP contribution >= 0.6 is 0 Å². The first-order valence-corrected chi connectivity index (χ1v) is 11.6. The third-order valence-corrected chi connectivity index (χ3v) is 6.84. The van der Waals surface area contributed by atoms with E-state index in [-0.39, 0.29) is 73.3 Å². The average molecular weight is 519 g/mol. The zero-order valence-corrected chi connectivity index (χ0v) is 19.8. The van der Waals surface area contributed by atoms with E-state index in [2.05, 4.69) is 0 Å². The number of hydrogen-bond donors (Lipinski definition) is 3. The van der Waals surface area contributed by atoms with E-state index in [1.807, 2.05) is 0 Å². The number of ketones is 3. The number of amides is 1. The van der Waals surface area contributed by atoms with Crippen LogP contribution in [0.2, 0.25) is 0 Å². The van der Waals surface area contributed by atoms with Crippen molar-refractivity contribution in [2.45, 2.75) is 51.0 Å². The van der Waals surface area contributed by atoms with Gasteiger partial charge in [0.2, 0.25) is 0 Å². The molecule has 4 rings (SSSR count). The Morgan fingerprint density at radius 3 is 2.30 bits per heavy atom. The molecule has 1 amide bonds. The summed E-state index contributed by atoms with van der Waals surface area (Å²) in [6, 6.07) is 6.15. The second-order valence-corrected chi connectivity index (χ2v) is 9.16. The highest BCUT2D eigenvalue weighted by Gasteiger charge is 2.43. The van der Waals surface area contributed by atoms with E-state index in [1.165, 1.54) is 19.1 Å². The van der Waals surface area contributed by atoms with Crippen molar-refractivity contribution < 1.29 is 47.3 Å². The molecule has 2 aromatic rings. The first-order chi connectivity index (χ1) is 17.4. The van der Waals surface area contributed by atoms with Gasteiger partial charge in [0.05, 0.1) is 12.2 Å². The van der Waals surface area contributed by atoms with Gasteiger partial charge in [-0.15, -0.1) is 0 Å². The van der Waals surface area contributed by atoms with Crippen molar-refractivity contribution in [3.63, 3.8) is 0 Å². The number of alkyl halides is 3. The SMILES string of the molecule is CC(=O)[C@@]1(O)CCc2c(c(O)c3c(c2COCCCNC(=O)C(F)(F)F)C(=O)c2ccccc2C3=O)C1. The number of nitrogens with one attached hydrogen (secondary N) is 1. The summed E-state index contributed by atoms with van der Waals surface area (Å²) in [4.78, 5) is 49.9. The minimum absolute atomic E-state index is 0.0291. The van der Waals surface area contributed by atoms with Crippen LogP contribution in [-0.4, -0.2) is 58.4 Å². The Balaban J connectivity index is 1.67. The summed E-state index contributed by atoms with van der Waals surface area (Å²) >= 11 is 0. The third-order valence-electron chi connectivity index (χ3n) is 6.84. The molecule has 3 N–H and O–H groups in total. The van der Waals surface area contributed by atoms with E-state index >= 15 is 0 Å². The first kappa shape index (κ1) is 26.5. The number of rotatable bonds is 7. The van der Waals surface area contributed by atoms with E-state index in [4.69, 9.17) is 4.74 Å². The Labute approximate surface area is 209 Å². The molecule has 0 aliphatic heterocycles. The molecule has 2 aliphatic carbocycles. The van der Waals surface area contributed by atoms with Gasteiger partial charge in [-0.1, -0.05) is 24.3 Å². The van der Waals surface area contributed by atoms with E-state index in [0.717, 1.165) is 0 Å². The highest BCUT2D eigenvalue weighted by molar-refractivity contribution is 6.30. The third kappa shape index (κ3) is 4.76. The second-order valence-electron chi connectivity index (χ2n) is 9.16. The largest absolute Gasteiger partial charge is 0.507 e. The molecule has 0 saturated carbocycles. The summed E-state index contributed by atoms with van der Waals surface area (Å²) in [7, 11) is 0. The monoisotopic (exact) mass is 519 g/mol. The summed E-state index contributed by atoms with van der Waals surface area (Å²) in [5, 5.41) is 23.7. The van der Waals surface area contributed by atoms with Gasteiger partial charge in [0.15, 0.2) is 17.3 Å². The fourth-order valence-electron chi connectivity index (χ4n) is 4.83. The summed E-state index contributed by atoms with van der Waals surface area (Å²) in [5.41, 5.74) is -0.753. The number of hydrogen-bond acceptors (Lipinski definition) is 7. The van der Waals surface area contributed by atoms with Crippen LogP contribution in [0.4, 0.5) is 13.2 Å². The molecule has 196 valence electrons. The number of aromatic hydroxyl groups is 1. The smallest absolute Gasteiger partial charge is 0.471 e. The van der Waals surface area contributed by atoms with Crippen molar-refractivity contribution in [3.8, 4) is 5.75 Å². The molecule has 37 heavy (non-hydrogen) atoms. The van der Waals surface area contributed by atoms with Crippen LogP contribution in [-0.2, 0) is 33.8 Å². The van der Waals surface area contributed by atoms with E-state index in [1.54, 1.807) is 17.4 Å². The molecule has 11 heteroatoms. The molecule has 0 radical (unpaired) electrons. The highest BCUT2D eigenvalue weighted by atomic mass is 19.4. The van der Waals surface area contributed by atoms with E-state index in [0.29, 0.717) is 11.1 Å². The molecule has 2 aromatic carbocycles. The van der Waals surface area contributed by atoms with Gasteiger partial charge in [-0.2, -0.15) is 13.2 Å². The predicted octanol–water partition coefficient (Wildman–Crippen LogP) is 2.56. The number of ether oxygens (including phenoxy) is 1. The highest BCUT2D eigenvalue weighted by Crippen LogP contribution is 2.44. The number of carbonyl (C=O) groups excluding carboxylic acids is 4. The maximum absolute atomic E-state index is 13.5. The van der Waals surface area contributed by atoms with Crippen molar-refractivity contribution in [2.75, 3.05) is 13.2 Å². The van der Waals surface area contributed by atoms with Crippen LogP contribution in [0.25, 0.3) is 0 Å². The fourth-order valence-corrected chi connectivity index (χ4v) is 4.83. The van der Waals surface area contributed by atoms with Crippen LogP contribution in [0.1, 0.15) is 68.3 Å². The minimum Gasteiger partial charge on any atom is -0.507 e. The number of benzene rings is 2. The topological polar surface area (TPSA) is 130 Å². The molecule has 0 unspecified atom stereocenters. The lowest BCUT2D eigenvalue weighted by atomic mass is 9.71. The summed E-state index contributed by atoms with van der Waals surface area (Å²) in [6.07, 6.45) is -5.05. The molecule has 0 bridgehead atoms. The van der Waals surface area contributed by atoms with Gasteiger partial charge in [0.25, 0.3) is 0 Å². The quantitative estimate of drug-likeness (QED) is 0.409. The Morgan fingerprint density at radius 1 is 1.08 bits per heavy atom. The van der Waals surface area contributed by atoms with Crippen LogP contribution in [0.15, 0.2) is 24.3 Å². The Morgan fingerprint density at radius 2 is 1.70 bits per heavy atom. The standard InChI is InChI=1S/C26H24F3NO7/c1-13(31)25(36)8-7-14-17(11-25)23(34)20-19(21(32)15-5-2-3-6-16(15)22(20)33)18(14)12-37-10-4-9-30-24(35)26(27,28)29/h2-3,5-6,34,36H,4,7-12H2,1H3,(H,30,35)/t25-/m1/s1. The molecule has 8 nitrogen and oxygen atoms in total. The predicted molar refractivity (Wildman–Crippen MR) is 122 cm³/mol. The van der Waals surface area contributed by atoms with Gasteiger partial charge in [-0.05, 0) is 37.3 Å². The molecule has 0 heterocycles. The van der Waals surface area contributed by atoms with Crippen LogP contribution in [0, 0.1) is 0 Å². The van der Waals surface area contributed by atoms with Crippen LogP contribution in [0.3, 0.4) is 0 Å². The van der Waals surface area contributed by atoms with E-state index in [9.17, 15) is 42.6 Å². The van der Waals surface area contributed by atoms with Crippen LogP contribution < -0.4 is 5.32 Å². The number of fused-ring (bicyclic) bond motifs is 3. The lowest BCUT2D eigenvalue weighted by Crippen LogP contribution is -2.43. The minimum atomic E-state index is -4.99. The molecule has 0 aromatic heterocycles. The molecule has 1 atom stereocenters. The van der Waals surface area contributed by atoms with Gasteiger partial charge < -0.3 is 20.3 Å². The maximum Gasteiger partial charge on any atom is 0.471 e. The average Bonchev–Trinajstić information content (AvgIpc) is 2.85. The normalized spacial score (nSPS) is 18.6. The van der Waals surface area contributed by atoms with Gasteiger partial charge in [-0.25, -0.2) is 0 Å². The van der Waals surface area contributed by atoms with E-state index < -0.39 is 40.8 Å². The molecule has 0 saturated heterocycles. The molecular weight excluding hydrogens is 495 g/mol. The number of aliphatic hydroxyl groups is 1. The molecule has 0 fully saturated rings. The number of halogens is 3. The zero-order chi connectivity index (χ0) is 27.1. The van der Waals surface area contributed by atoms with Crippen molar-refractivity contribution in [3.05, 3.63) is 63.2 Å². The van der Waals surface area contributed by atoms with Crippen molar-refractivity contribution >= 4 is 23.3 Å². The number of Topliss-reactive ketones (excluding diaryl/α,β-unsaturated/α-hetero) is 1. The lowest BCUT2D eigenvalue weighted by Gasteiger charge is -2.35. The maximum atomic E-state index is 13.5. The van der Waals surface area contributed by atoms with Crippen LogP contribution in [0.5, 0.6) is 5.75 Å². The zero-order valence-electron chi connectivity index (χ0n) is 19.8. The Hall–Kier alpha value is -3.57. The van der Waals surface area contributed by atoms with Gasteiger partial charge in [-0.3, -0.25) is 19.2 Å². The molecule has 0 spiro atoms. The van der Waals surface area contributed by atoms with Gasteiger partial charge in [0.1, 0.15) is 11.4 Å². The number of phenolic OH excluding ortho intramolecular Hbond substituents is 1. The Kier molecular flexibility index (Phi) is 6.95. The Bertz CT molecular complexity index is 1320. The fraction of sp³-hybridized carbons (Fsp3) is 0.385. The van der Waals surface area contributed by atoms with Crippen molar-refractivity contribution in [1.29, 1.82) is 0 Å². The van der Waals surface area contributed by atoms with Crippen molar-refractivity contribution in [1.82, 2.24) is 5.32 Å². The second kappa shape index (κ2) is 9.71. The summed E-state index contributed by atoms with van der Waals surface area (Å²) < 4.78 is 42.6.